The molecule has 0 saturated heterocycles. The Hall–Kier alpha value is -2.24. The van der Waals surface area contributed by atoms with Crippen molar-refractivity contribution in [3.8, 4) is 0 Å². The second-order valence-corrected chi connectivity index (χ2v) is 4.46. The van der Waals surface area contributed by atoms with Gasteiger partial charge in [0.25, 0.3) is 0 Å². The van der Waals surface area contributed by atoms with Gasteiger partial charge >= 0.3 is 11.9 Å². The van der Waals surface area contributed by atoms with Crippen LogP contribution in [0.5, 0.6) is 0 Å². The lowest BCUT2D eigenvalue weighted by Gasteiger charge is -2.12. The molecule has 1 aromatic rings. The summed E-state index contributed by atoms with van der Waals surface area (Å²) in [7, 11) is 0. The SMILES string of the molecule is CCOC(=O)c1ccc(NCOC(=O)C(C)C)c(N)c1. The molecule has 0 aromatic heterocycles. The van der Waals surface area contributed by atoms with E-state index in [1.807, 2.05) is 0 Å². The van der Waals surface area contributed by atoms with Gasteiger partial charge in [-0.25, -0.2) is 4.79 Å². The number of benzene rings is 1. The summed E-state index contributed by atoms with van der Waals surface area (Å²) in [6.45, 7) is 5.58. The van der Waals surface area contributed by atoms with Crippen LogP contribution in [0.4, 0.5) is 11.4 Å². The van der Waals surface area contributed by atoms with Gasteiger partial charge in [-0.3, -0.25) is 4.79 Å². The molecular weight excluding hydrogens is 260 g/mol. The van der Waals surface area contributed by atoms with Gasteiger partial charge in [0.05, 0.1) is 29.5 Å². The number of carbonyl (C=O) groups excluding carboxylic acids is 2. The average molecular weight is 280 g/mol. The van der Waals surface area contributed by atoms with Crippen LogP contribution in [0.3, 0.4) is 0 Å². The maximum absolute atomic E-state index is 11.5. The molecule has 0 spiro atoms. The molecule has 0 saturated carbocycles. The van der Waals surface area contributed by atoms with Gasteiger partial charge < -0.3 is 20.5 Å². The first-order valence-electron chi connectivity index (χ1n) is 6.42. The number of ether oxygens (including phenoxy) is 2. The van der Waals surface area contributed by atoms with Crippen molar-refractivity contribution in [1.29, 1.82) is 0 Å². The number of hydrogen-bond donors (Lipinski definition) is 2. The van der Waals surface area contributed by atoms with Crippen molar-refractivity contribution in [2.24, 2.45) is 5.92 Å². The Morgan fingerprint density at radius 1 is 1.30 bits per heavy atom. The number of hydrogen-bond acceptors (Lipinski definition) is 6. The lowest BCUT2D eigenvalue weighted by molar-refractivity contribution is -0.146. The molecule has 6 nitrogen and oxygen atoms in total. The molecule has 1 rings (SSSR count). The number of carbonyl (C=O) groups is 2. The zero-order valence-corrected chi connectivity index (χ0v) is 11.9. The predicted octanol–water partition coefficient (Wildman–Crippen LogP) is 2.01. The summed E-state index contributed by atoms with van der Waals surface area (Å²) in [6.07, 6.45) is 0. The van der Waals surface area contributed by atoms with E-state index in [9.17, 15) is 9.59 Å². The second kappa shape index (κ2) is 7.37. The highest BCUT2D eigenvalue weighted by Crippen LogP contribution is 2.20. The maximum atomic E-state index is 11.5. The Kier molecular flexibility index (Phi) is 5.83. The van der Waals surface area contributed by atoms with E-state index in [0.717, 1.165) is 0 Å². The van der Waals surface area contributed by atoms with Crippen molar-refractivity contribution in [2.75, 3.05) is 24.4 Å². The van der Waals surface area contributed by atoms with Gasteiger partial charge in [0, 0.05) is 0 Å². The number of nitrogens with two attached hydrogens (primary N) is 1. The summed E-state index contributed by atoms with van der Waals surface area (Å²) < 4.78 is 9.86. The van der Waals surface area contributed by atoms with E-state index in [1.54, 1.807) is 32.9 Å². The van der Waals surface area contributed by atoms with E-state index in [-0.39, 0.29) is 18.6 Å². The fraction of sp³-hybridized carbons (Fsp3) is 0.429. The monoisotopic (exact) mass is 280 g/mol. The highest BCUT2D eigenvalue weighted by Gasteiger charge is 2.10. The molecule has 0 radical (unpaired) electrons. The van der Waals surface area contributed by atoms with Crippen molar-refractivity contribution in [1.82, 2.24) is 0 Å². The van der Waals surface area contributed by atoms with Gasteiger partial charge in [0.1, 0.15) is 0 Å². The highest BCUT2D eigenvalue weighted by molar-refractivity contribution is 5.91. The molecule has 0 aliphatic rings. The van der Waals surface area contributed by atoms with Crippen LogP contribution in [0, 0.1) is 5.92 Å². The van der Waals surface area contributed by atoms with E-state index < -0.39 is 5.97 Å². The summed E-state index contributed by atoms with van der Waals surface area (Å²) >= 11 is 0. The van der Waals surface area contributed by atoms with Crippen LogP contribution in [0.25, 0.3) is 0 Å². The third-order valence-electron chi connectivity index (χ3n) is 2.51. The van der Waals surface area contributed by atoms with Crippen LogP contribution < -0.4 is 11.1 Å². The molecule has 0 aliphatic heterocycles. The number of nitrogen functional groups attached to an aromatic ring is 1. The lowest BCUT2D eigenvalue weighted by atomic mass is 10.2. The van der Waals surface area contributed by atoms with Gasteiger partial charge in [0.2, 0.25) is 0 Å². The van der Waals surface area contributed by atoms with Gasteiger partial charge in [0.15, 0.2) is 6.73 Å². The highest BCUT2D eigenvalue weighted by atomic mass is 16.5. The molecule has 6 heteroatoms. The fourth-order valence-electron chi connectivity index (χ4n) is 1.42. The van der Waals surface area contributed by atoms with Crippen molar-refractivity contribution in [2.45, 2.75) is 20.8 Å². The smallest absolute Gasteiger partial charge is 0.338 e. The Morgan fingerprint density at radius 2 is 2.00 bits per heavy atom. The molecule has 0 fully saturated rings. The normalized spacial score (nSPS) is 10.2. The van der Waals surface area contributed by atoms with Gasteiger partial charge in [-0.15, -0.1) is 0 Å². The van der Waals surface area contributed by atoms with Crippen LogP contribution >= 0.6 is 0 Å². The standard InChI is InChI=1S/C14H20N2O4/c1-4-19-14(18)10-5-6-12(11(15)7-10)16-8-20-13(17)9(2)3/h5-7,9,16H,4,8,15H2,1-3H3. The zero-order valence-electron chi connectivity index (χ0n) is 11.9. The average Bonchev–Trinajstić information content (AvgIpc) is 2.40. The first-order valence-corrected chi connectivity index (χ1v) is 6.42. The molecule has 0 unspecified atom stereocenters. The molecule has 0 atom stereocenters. The minimum Gasteiger partial charge on any atom is -0.462 e. The van der Waals surface area contributed by atoms with Crippen LogP contribution in [-0.4, -0.2) is 25.3 Å². The summed E-state index contributed by atoms with van der Waals surface area (Å²) in [6, 6.07) is 4.76. The van der Waals surface area contributed by atoms with E-state index >= 15 is 0 Å². The first-order chi connectivity index (χ1) is 9.45. The lowest BCUT2D eigenvalue weighted by Crippen LogP contribution is -2.17. The Labute approximate surface area is 118 Å². The summed E-state index contributed by atoms with van der Waals surface area (Å²) in [5, 5.41) is 2.88. The summed E-state index contributed by atoms with van der Waals surface area (Å²) in [5.41, 5.74) is 7.18. The van der Waals surface area contributed by atoms with Gasteiger partial charge in [-0.05, 0) is 25.1 Å². The number of nitrogens with one attached hydrogen (secondary N) is 1. The van der Waals surface area contributed by atoms with Crippen molar-refractivity contribution >= 4 is 23.3 Å². The van der Waals surface area contributed by atoms with E-state index in [0.29, 0.717) is 23.5 Å². The Morgan fingerprint density at radius 3 is 2.55 bits per heavy atom. The zero-order chi connectivity index (χ0) is 15.1. The van der Waals surface area contributed by atoms with E-state index in [4.69, 9.17) is 15.2 Å². The molecule has 3 N–H and O–H groups in total. The van der Waals surface area contributed by atoms with Crippen molar-refractivity contribution < 1.29 is 19.1 Å². The van der Waals surface area contributed by atoms with E-state index in [1.165, 1.54) is 6.07 Å². The molecule has 0 amide bonds. The number of rotatable bonds is 6. The quantitative estimate of drug-likeness (QED) is 0.470. The minimum atomic E-state index is -0.419. The molecule has 0 bridgehead atoms. The Balaban J connectivity index is 2.60. The first kappa shape index (κ1) is 15.8. The molecule has 110 valence electrons. The Bertz CT molecular complexity index is 486. The van der Waals surface area contributed by atoms with E-state index in [2.05, 4.69) is 5.32 Å². The summed E-state index contributed by atoms with van der Waals surface area (Å²) in [5.74, 6) is -0.892. The number of esters is 2. The van der Waals surface area contributed by atoms with Gasteiger partial charge in [-0.2, -0.15) is 0 Å². The fourth-order valence-corrected chi connectivity index (χ4v) is 1.42. The largest absolute Gasteiger partial charge is 0.462 e. The van der Waals surface area contributed by atoms with Crippen LogP contribution in [-0.2, 0) is 14.3 Å². The number of anilines is 2. The third kappa shape index (κ3) is 4.46. The van der Waals surface area contributed by atoms with Crippen LogP contribution in [0.2, 0.25) is 0 Å². The second-order valence-electron chi connectivity index (χ2n) is 4.46. The van der Waals surface area contributed by atoms with Gasteiger partial charge in [-0.1, -0.05) is 13.8 Å². The van der Waals surface area contributed by atoms with Crippen molar-refractivity contribution in [3.63, 3.8) is 0 Å². The molecule has 1 aromatic carbocycles. The molecule has 0 aliphatic carbocycles. The topological polar surface area (TPSA) is 90.6 Å². The molecular formula is C14H20N2O4. The summed E-state index contributed by atoms with van der Waals surface area (Å²) in [4.78, 5) is 22.8. The minimum absolute atomic E-state index is 0.0277. The maximum Gasteiger partial charge on any atom is 0.338 e. The predicted molar refractivity (Wildman–Crippen MR) is 76.2 cm³/mol. The molecule has 20 heavy (non-hydrogen) atoms. The van der Waals surface area contributed by atoms with Crippen LogP contribution in [0.1, 0.15) is 31.1 Å². The van der Waals surface area contributed by atoms with Crippen molar-refractivity contribution in [3.05, 3.63) is 23.8 Å². The molecule has 0 heterocycles. The third-order valence-corrected chi connectivity index (χ3v) is 2.51. The van der Waals surface area contributed by atoms with Crippen LogP contribution in [0.15, 0.2) is 18.2 Å².